The minimum atomic E-state index is -1.17. The molecule has 0 bridgehead atoms. The van der Waals surface area contributed by atoms with Crippen molar-refractivity contribution in [3.63, 3.8) is 0 Å². The monoisotopic (exact) mass is 184 g/mol. The number of aromatic carboxylic acids is 1. The Morgan fingerprint density at radius 1 is 1.54 bits per heavy atom. The largest absolute Gasteiger partial charge is 0.480 e. The lowest BCUT2D eigenvalue weighted by atomic mass is 10.4. The van der Waals surface area contributed by atoms with E-state index in [0.29, 0.717) is 0 Å². The highest BCUT2D eigenvalue weighted by Crippen LogP contribution is 2.05. The van der Waals surface area contributed by atoms with E-state index in [1.54, 1.807) is 0 Å². The normalized spacial score (nSPS) is 12.4. The Hall–Kier alpha value is -1.85. The first-order valence-corrected chi connectivity index (χ1v) is 3.53. The van der Waals surface area contributed by atoms with Gasteiger partial charge in [0.25, 0.3) is 0 Å². The molecule has 70 valence electrons. The number of rotatable bonds is 3. The Kier molecular flexibility index (Phi) is 2.32. The average molecular weight is 184 g/mol. The fourth-order valence-electron chi connectivity index (χ4n) is 0.781. The molecule has 0 fully saturated rings. The van der Waals surface area contributed by atoms with E-state index in [2.05, 4.69) is 5.10 Å². The third-order valence-corrected chi connectivity index (χ3v) is 1.58. The molecule has 1 heterocycles. The summed E-state index contributed by atoms with van der Waals surface area (Å²) in [6, 6.07) is 0.398. The van der Waals surface area contributed by atoms with Crippen molar-refractivity contribution in [3.05, 3.63) is 18.0 Å². The number of hydrogen-bond acceptors (Lipinski definition) is 3. The maximum absolute atomic E-state index is 10.5. The molecule has 0 aliphatic rings. The van der Waals surface area contributed by atoms with Gasteiger partial charge in [0.1, 0.15) is 6.04 Å². The maximum Gasteiger partial charge on any atom is 0.356 e. The summed E-state index contributed by atoms with van der Waals surface area (Å²) < 4.78 is 1.09. The van der Waals surface area contributed by atoms with Crippen LogP contribution in [0.2, 0.25) is 0 Å². The van der Waals surface area contributed by atoms with Crippen molar-refractivity contribution in [3.8, 4) is 0 Å². The van der Waals surface area contributed by atoms with Crippen molar-refractivity contribution >= 4 is 11.9 Å². The van der Waals surface area contributed by atoms with Crippen LogP contribution < -0.4 is 0 Å². The molecule has 0 saturated heterocycles. The Balaban J connectivity index is 2.91. The third-order valence-electron chi connectivity index (χ3n) is 1.58. The smallest absolute Gasteiger partial charge is 0.356 e. The molecule has 0 spiro atoms. The quantitative estimate of drug-likeness (QED) is 0.701. The van der Waals surface area contributed by atoms with E-state index < -0.39 is 18.0 Å². The topological polar surface area (TPSA) is 92.4 Å². The summed E-state index contributed by atoms with van der Waals surface area (Å²) in [6.07, 6.45) is 1.32. The zero-order valence-corrected chi connectivity index (χ0v) is 6.84. The predicted molar refractivity (Wildman–Crippen MR) is 41.5 cm³/mol. The summed E-state index contributed by atoms with van der Waals surface area (Å²) in [5.74, 6) is -2.23. The highest BCUT2D eigenvalue weighted by Gasteiger charge is 2.15. The fraction of sp³-hybridized carbons (Fsp3) is 0.286. The third kappa shape index (κ3) is 1.84. The van der Waals surface area contributed by atoms with E-state index in [-0.39, 0.29) is 5.69 Å². The summed E-state index contributed by atoms with van der Waals surface area (Å²) in [7, 11) is 0. The highest BCUT2D eigenvalue weighted by molar-refractivity contribution is 5.85. The highest BCUT2D eigenvalue weighted by atomic mass is 16.4. The zero-order valence-electron chi connectivity index (χ0n) is 6.84. The van der Waals surface area contributed by atoms with Gasteiger partial charge in [0.15, 0.2) is 5.69 Å². The lowest BCUT2D eigenvalue weighted by Gasteiger charge is -2.04. The van der Waals surface area contributed by atoms with Gasteiger partial charge in [0, 0.05) is 6.20 Å². The van der Waals surface area contributed by atoms with E-state index in [4.69, 9.17) is 10.2 Å². The Bertz CT molecular complexity index is 344. The molecule has 6 nitrogen and oxygen atoms in total. The molecule has 13 heavy (non-hydrogen) atoms. The van der Waals surface area contributed by atoms with Gasteiger partial charge in [-0.25, -0.2) is 9.59 Å². The molecular weight excluding hydrogens is 176 g/mol. The molecule has 0 aliphatic heterocycles. The second kappa shape index (κ2) is 3.26. The minimum Gasteiger partial charge on any atom is -0.480 e. The van der Waals surface area contributed by atoms with Gasteiger partial charge >= 0.3 is 11.9 Å². The van der Waals surface area contributed by atoms with Crippen LogP contribution in [-0.2, 0) is 4.79 Å². The molecule has 1 atom stereocenters. The molecule has 0 aliphatic carbocycles. The van der Waals surface area contributed by atoms with Crippen molar-refractivity contribution in [2.75, 3.05) is 0 Å². The zero-order chi connectivity index (χ0) is 10.0. The van der Waals surface area contributed by atoms with Crippen LogP contribution >= 0.6 is 0 Å². The summed E-state index contributed by atoms with van der Waals surface area (Å²) >= 11 is 0. The molecule has 0 saturated carbocycles. The molecule has 0 radical (unpaired) electrons. The number of aliphatic carboxylic acids is 1. The predicted octanol–water partition coefficient (Wildman–Crippen LogP) is 0.227. The van der Waals surface area contributed by atoms with Crippen LogP contribution in [0.5, 0.6) is 0 Å². The van der Waals surface area contributed by atoms with Crippen LogP contribution in [0.1, 0.15) is 23.5 Å². The van der Waals surface area contributed by atoms with Gasteiger partial charge in [-0.2, -0.15) is 5.10 Å². The van der Waals surface area contributed by atoms with Gasteiger partial charge in [-0.3, -0.25) is 4.68 Å². The maximum atomic E-state index is 10.5. The lowest BCUT2D eigenvalue weighted by molar-refractivity contribution is -0.140. The van der Waals surface area contributed by atoms with Gasteiger partial charge in [0.05, 0.1) is 0 Å². The second-order valence-corrected chi connectivity index (χ2v) is 2.50. The van der Waals surface area contributed by atoms with Gasteiger partial charge in [0.2, 0.25) is 0 Å². The molecule has 0 aromatic carbocycles. The SMILES string of the molecule is CC(C(=O)O)n1ccc(C(=O)O)n1. The van der Waals surface area contributed by atoms with Crippen LogP contribution in [0, 0.1) is 0 Å². The molecule has 6 heteroatoms. The van der Waals surface area contributed by atoms with Crippen molar-refractivity contribution in [1.82, 2.24) is 9.78 Å². The number of nitrogens with zero attached hydrogens (tertiary/aromatic N) is 2. The van der Waals surface area contributed by atoms with Crippen LogP contribution in [0.25, 0.3) is 0 Å². The molecule has 1 unspecified atom stereocenters. The second-order valence-electron chi connectivity index (χ2n) is 2.50. The van der Waals surface area contributed by atoms with E-state index in [1.807, 2.05) is 0 Å². The van der Waals surface area contributed by atoms with Gasteiger partial charge in [-0.1, -0.05) is 0 Å². The van der Waals surface area contributed by atoms with Crippen molar-refractivity contribution in [2.24, 2.45) is 0 Å². The summed E-state index contributed by atoms with van der Waals surface area (Å²) in [4.78, 5) is 20.9. The van der Waals surface area contributed by atoms with Crippen molar-refractivity contribution in [1.29, 1.82) is 0 Å². The van der Waals surface area contributed by atoms with E-state index >= 15 is 0 Å². The first-order chi connectivity index (χ1) is 6.02. The Labute approximate surface area is 73.4 Å². The Morgan fingerprint density at radius 3 is 2.54 bits per heavy atom. The standard InChI is InChI=1S/C7H8N2O4/c1-4(6(10)11)9-3-2-5(8-9)7(12)13/h2-4H,1H3,(H,10,11)(H,12,13). The van der Waals surface area contributed by atoms with E-state index in [1.165, 1.54) is 19.2 Å². The molecular formula is C7H8N2O4. The van der Waals surface area contributed by atoms with Gasteiger partial charge < -0.3 is 10.2 Å². The van der Waals surface area contributed by atoms with Crippen LogP contribution in [0.4, 0.5) is 0 Å². The van der Waals surface area contributed by atoms with Crippen LogP contribution in [0.3, 0.4) is 0 Å². The first-order valence-electron chi connectivity index (χ1n) is 3.53. The summed E-state index contributed by atoms with van der Waals surface area (Å²) in [6.45, 7) is 1.42. The fourth-order valence-corrected chi connectivity index (χ4v) is 0.781. The molecule has 1 aromatic rings. The molecule has 2 N–H and O–H groups in total. The van der Waals surface area contributed by atoms with Crippen LogP contribution in [-0.4, -0.2) is 31.9 Å². The van der Waals surface area contributed by atoms with Gasteiger partial charge in [-0.15, -0.1) is 0 Å². The number of hydrogen-bond donors (Lipinski definition) is 2. The minimum absolute atomic E-state index is 0.159. The average Bonchev–Trinajstić information content (AvgIpc) is 2.50. The molecule has 1 rings (SSSR count). The summed E-state index contributed by atoms with van der Waals surface area (Å²) in [5.41, 5.74) is -0.159. The Morgan fingerprint density at radius 2 is 2.15 bits per heavy atom. The number of aromatic nitrogens is 2. The molecule has 1 aromatic heterocycles. The first kappa shape index (κ1) is 9.24. The van der Waals surface area contributed by atoms with Gasteiger partial charge in [-0.05, 0) is 13.0 Å². The number of carbonyl (C=O) groups is 2. The molecule has 0 amide bonds. The summed E-state index contributed by atoms with van der Waals surface area (Å²) in [5, 5.41) is 20.6. The van der Waals surface area contributed by atoms with E-state index in [9.17, 15) is 9.59 Å². The number of carboxylic acids is 2. The lowest BCUT2D eigenvalue weighted by Crippen LogP contribution is -2.16. The van der Waals surface area contributed by atoms with E-state index in [0.717, 1.165) is 4.68 Å². The van der Waals surface area contributed by atoms with Crippen molar-refractivity contribution in [2.45, 2.75) is 13.0 Å². The van der Waals surface area contributed by atoms with Crippen molar-refractivity contribution < 1.29 is 19.8 Å². The number of carboxylic acid groups (broad SMARTS) is 2. The van der Waals surface area contributed by atoms with Crippen LogP contribution in [0.15, 0.2) is 12.3 Å².